The van der Waals surface area contributed by atoms with Crippen LogP contribution in [0.25, 0.3) is 0 Å². The molecular formula is C10H12ClNO3S2. The summed E-state index contributed by atoms with van der Waals surface area (Å²) < 4.78 is 34.8. The zero-order valence-electron chi connectivity index (χ0n) is 9.22. The van der Waals surface area contributed by atoms with Crippen molar-refractivity contribution in [3.63, 3.8) is 0 Å². The Hall–Kier alpha value is -0.590. The van der Waals surface area contributed by atoms with E-state index in [0.717, 1.165) is 13.0 Å². The van der Waals surface area contributed by atoms with Gasteiger partial charge in [0.1, 0.15) is 4.90 Å². The minimum Gasteiger partial charge on any atom is -0.358 e. The van der Waals surface area contributed by atoms with E-state index >= 15 is 0 Å². The summed E-state index contributed by atoms with van der Waals surface area (Å²) in [5, 5.41) is 0. The van der Waals surface area contributed by atoms with Gasteiger partial charge in [0.2, 0.25) is 0 Å². The molecule has 1 heterocycles. The van der Waals surface area contributed by atoms with Gasteiger partial charge in [0.15, 0.2) is 0 Å². The zero-order chi connectivity index (χ0) is 12.6. The minimum absolute atomic E-state index is 0.0337. The van der Waals surface area contributed by atoms with Crippen LogP contribution in [0.3, 0.4) is 0 Å². The van der Waals surface area contributed by atoms with Gasteiger partial charge in [-0.2, -0.15) is 0 Å². The van der Waals surface area contributed by atoms with Crippen molar-refractivity contribution in [1.82, 2.24) is 0 Å². The summed E-state index contributed by atoms with van der Waals surface area (Å²) >= 11 is 0. The van der Waals surface area contributed by atoms with Crippen LogP contribution in [0, 0.1) is 0 Å². The summed E-state index contributed by atoms with van der Waals surface area (Å²) in [5.41, 5.74) is 0.715. The molecule has 7 heteroatoms. The molecule has 0 amide bonds. The van der Waals surface area contributed by atoms with Crippen molar-refractivity contribution in [1.29, 1.82) is 0 Å². The van der Waals surface area contributed by atoms with E-state index in [0.29, 0.717) is 16.5 Å². The van der Waals surface area contributed by atoms with Crippen molar-refractivity contribution in [2.75, 3.05) is 17.3 Å². The lowest BCUT2D eigenvalue weighted by molar-refractivity contribution is 0.607. The van der Waals surface area contributed by atoms with E-state index < -0.39 is 19.9 Å². The molecule has 0 aromatic heterocycles. The molecule has 0 spiro atoms. The third-order valence-corrected chi connectivity index (χ3v) is 5.48. The predicted octanol–water partition coefficient (Wildman–Crippen LogP) is 1.91. The van der Waals surface area contributed by atoms with Crippen molar-refractivity contribution in [2.24, 2.45) is 0 Å². The van der Waals surface area contributed by atoms with Gasteiger partial charge in [-0.3, -0.25) is 4.21 Å². The van der Waals surface area contributed by atoms with E-state index in [1.807, 2.05) is 11.8 Å². The van der Waals surface area contributed by atoms with Gasteiger partial charge in [-0.1, -0.05) is 13.0 Å². The summed E-state index contributed by atoms with van der Waals surface area (Å²) in [5.74, 6) is 0.340. The Kier molecular flexibility index (Phi) is 3.47. The van der Waals surface area contributed by atoms with Crippen molar-refractivity contribution in [2.45, 2.75) is 23.1 Å². The summed E-state index contributed by atoms with van der Waals surface area (Å²) in [7, 11) is 0.180. The van der Waals surface area contributed by atoms with Gasteiger partial charge in [0.05, 0.1) is 27.3 Å². The maximum absolute atomic E-state index is 12.0. The molecule has 0 saturated carbocycles. The maximum atomic E-state index is 12.0. The molecule has 1 aliphatic rings. The van der Waals surface area contributed by atoms with Crippen LogP contribution in [0.4, 0.5) is 5.69 Å². The molecule has 0 fully saturated rings. The minimum atomic E-state index is -3.85. The van der Waals surface area contributed by atoms with Crippen LogP contribution in [-0.4, -0.2) is 25.0 Å². The molecule has 1 atom stereocenters. The molecule has 17 heavy (non-hydrogen) atoms. The molecule has 1 aliphatic heterocycles. The normalized spacial score (nSPS) is 19.4. The summed E-state index contributed by atoms with van der Waals surface area (Å²) in [6.07, 6.45) is 0.911. The first-order chi connectivity index (χ1) is 7.95. The fourth-order valence-corrected chi connectivity index (χ4v) is 5.01. The lowest BCUT2D eigenvalue weighted by Crippen LogP contribution is -2.21. The van der Waals surface area contributed by atoms with Crippen LogP contribution >= 0.6 is 10.7 Å². The smallest absolute Gasteiger partial charge is 0.262 e. The average molecular weight is 294 g/mol. The molecule has 0 saturated heterocycles. The quantitative estimate of drug-likeness (QED) is 0.799. The van der Waals surface area contributed by atoms with Gasteiger partial charge in [0.25, 0.3) is 9.05 Å². The van der Waals surface area contributed by atoms with Gasteiger partial charge < -0.3 is 4.90 Å². The Bertz CT molecular complexity index is 571. The number of hydrogen-bond donors (Lipinski definition) is 0. The monoisotopic (exact) mass is 293 g/mol. The fraction of sp³-hybridized carbons (Fsp3) is 0.400. The molecular weight excluding hydrogens is 282 g/mol. The number of anilines is 1. The van der Waals surface area contributed by atoms with Crippen molar-refractivity contribution >= 4 is 36.2 Å². The Labute approximate surface area is 107 Å². The predicted molar refractivity (Wildman–Crippen MR) is 68.4 cm³/mol. The van der Waals surface area contributed by atoms with E-state index in [2.05, 4.69) is 0 Å². The molecule has 0 bridgehead atoms. The SMILES string of the molecule is CCCN1CS(=O)c2c1cccc2S(=O)(=O)Cl. The van der Waals surface area contributed by atoms with Crippen LogP contribution in [0.5, 0.6) is 0 Å². The highest BCUT2D eigenvalue weighted by Crippen LogP contribution is 2.37. The molecule has 4 nitrogen and oxygen atoms in total. The third-order valence-electron chi connectivity index (χ3n) is 2.56. The van der Waals surface area contributed by atoms with Crippen LogP contribution in [0.15, 0.2) is 28.0 Å². The largest absolute Gasteiger partial charge is 0.358 e. The summed E-state index contributed by atoms with van der Waals surface area (Å²) in [4.78, 5) is 2.24. The first kappa shape index (κ1) is 12.9. The second-order valence-corrected chi connectivity index (χ2v) is 7.67. The molecule has 0 radical (unpaired) electrons. The molecule has 0 N–H and O–H groups in total. The van der Waals surface area contributed by atoms with Crippen molar-refractivity contribution in [3.8, 4) is 0 Å². The van der Waals surface area contributed by atoms with Crippen LogP contribution in [-0.2, 0) is 19.9 Å². The Morgan fingerprint density at radius 2 is 2.18 bits per heavy atom. The fourth-order valence-electron chi connectivity index (χ4n) is 1.90. The van der Waals surface area contributed by atoms with E-state index in [9.17, 15) is 12.6 Å². The lowest BCUT2D eigenvalue weighted by Gasteiger charge is -2.16. The zero-order valence-corrected chi connectivity index (χ0v) is 11.6. The molecule has 0 aliphatic carbocycles. The van der Waals surface area contributed by atoms with E-state index in [1.165, 1.54) is 6.07 Å². The highest BCUT2D eigenvalue weighted by atomic mass is 35.7. The van der Waals surface area contributed by atoms with E-state index in [1.54, 1.807) is 12.1 Å². The van der Waals surface area contributed by atoms with Crippen LogP contribution < -0.4 is 4.90 Å². The highest BCUT2D eigenvalue weighted by molar-refractivity contribution is 8.14. The number of rotatable bonds is 3. The van der Waals surface area contributed by atoms with Crippen LogP contribution in [0.1, 0.15) is 13.3 Å². The Morgan fingerprint density at radius 1 is 1.47 bits per heavy atom. The van der Waals surface area contributed by atoms with E-state index in [4.69, 9.17) is 10.7 Å². The first-order valence-corrected chi connectivity index (χ1v) is 8.79. The van der Waals surface area contributed by atoms with Gasteiger partial charge in [-0.05, 0) is 18.6 Å². The number of benzene rings is 1. The Balaban J connectivity index is 2.60. The van der Waals surface area contributed by atoms with Crippen LogP contribution in [0.2, 0.25) is 0 Å². The number of nitrogens with zero attached hydrogens (tertiary/aromatic N) is 1. The van der Waals surface area contributed by atoms with Crippen molar-refractivity contribution in [3.05, 3.63) is 18.2 Å². The number of hydrogen-bond acceptors (Lipinski definition) is 4. The second-order valence-electron chi connectivity index (χ2n) is 3.78. The molecule has 2 rings (SSSR count). The Morgan fingerprint density at radius 3 is 2.76 bits per heavy atom. The molecule has 1 aromatic rings. The van der Waals surface area contributed by atoms with E-state index in [-0.39, 0.29) is 4.90 Å². The van der Waals surface area contributed by atoms with Gasteiger partial charge >= 0.3 is 0 Å². The molecule has 1 aromatic carbocycles. The molecule has 1 unspecified atom stereocenters. The lowest BCUT2D eigenvalue weighted by atomic mass is 10.3. The second kappa shape index (κ2) is 4.59. The molecule has 94 valence electrons. The van der Waals surface area contributed by atoms with Gasteiger partial charge in [-0.25, -0.2) is 8.42 Å². The standard InChI is InChI=1S/C10H12ClNO3S2/c1-2-6-12-7-16(13)10-8(12)4-3-5-9(10)17(11,14)15/h3-5H,2,6-7H2,1H3. The number of fused-ring (bicyclic) bond motifs is 1. The first-order valence-electron chi connectivity index (χ1n) is 5.16. The van der Waals surface area contributed by atoms with Gasteiger partial charge in [0, 0.05) is 17.2 Å². The third kappa shape index (κ3) is 2.34. The average Bonchev–Trinajstić information content (AvgIpc) is 2.55. The topological polar surface area (TPSA) is 54.5 Å². The van der Waals surface area contributed by atoms with Crippen molar-refractivity contribution < 1.29 is 12.6 Å². The van der Waals surface area contributed by atoms with Gasteiger partial charge in [-0.15, -0.1) is 0 Å². The highest BCUT2D eigenvalue weighted by Gasteiger charge is 2.31. The summed E-state index contributed by atoms with van der Waals surface area (Å²) in [6, 6.07) is 4.80. The summed E-state index contributed by atoms with van der Waals surface area (Å²) in [6.45, 7) is 2.77. The maximum Gasteiger partial charge on any atom is 0.262 e. The number of halogens is 1.